The van der Waals surface area contributed by atoms with E-state index < -0.39 is 11.9 Å². The summed E-state index contributed by atoms with van der Waals surface area (Å²) >= 11 is 0. The minimum absolute atomic E-state index is 0.408. The average molecular weight is 489 g/mol. The number of halogens is 3. The lowest BCUT2D eigenvalue weighted by Crippen LogP contribution is -2.07. The highest BCUT2D eigenvalue weighted by atomic mass is 19.4. The Labute approximate surface area is 205 Å². The van der Waals surface area contributed by atoms with E-state index in [2.05, 4.69) is 33.6 Å². The number of imidazole rings is 1. The molecular weight excluding hydrogens is 465 g/mol. The molecule has 0 saturated heterocycles. The second kappa shape index (κ2) is 8.22. The Balaban J connectivity index is 1.35. The number of pyridine rings is 1. The fourth-order valence-corrected chi connectivity index (χ4v) is 4.55. The van der Waals surface area contributed by atoms with Crippen LogP contribution >= 0.6 is 0 Å². The van der Waals surface area contributed by atoms with Crippen molar-refractivity contribution in [3.8, 4) is 16.9 Å². The van der Waals surface area contributed by atoms with Gasteiger partial charge in [0.25, 0.3) is 0 Å². The van der Waals surface area contributed by atoms with Crippen molar-refractivity contribution >= 4 is 22.5 Å². The largest absolute Gasteiger partial charge is 0.435 e. The van der Waals surface area contributed by atoms with E-state index >= 15 is 0 Å². The quantitative estimate of drug-likeness (QED) is 0.297. The lowest BCUT2D eigenvalue weighted by atomic mass is 9.99. The summed E-state index contributed by atoms with van der Waals surface area (Å²) in [5.41, 5.74) is 5.83. The van der Waals surface area contributed by atoms with Gasteiger partial charge >= 0.3 is 6.18 Å². The van der Waals surface area contributed by atoms with Gasteiger partial charge in [0.15, 0.2) is 5.69 Å². The van der Waals surface area contributed by atoms with Crippen molar-refractivity contribution in [2.45, 2.75) is 31.9 Å². The third-order valence-corrected chi connectivity index (χ3v) is 6.51. The number of fused-ring (bicyclic) bond motifs is 1. The highest BCUT2D eigenvalue weighted by molar-refractivity contribution is 5.93. The maximum Gasteiger partial charge on any atom is 0.435 e. The van der Waals surface area contributed by atoms with Crippen LogP contribution in [0.2, 0.25) is 0 Å². The van der Waals surface area contributed by atoms with Gasteiger partial charge in [-0.2, -0.15) is 18.3 Å². The molecule has 0 amide bonds. The third-order valence-electron chi connectivity index (χ3n) is 6.51. The van der Waals surface area contributed by atoms with Crippen LogP contribution in [0, 0.1) is 6.92 Å². The number of hydrogen-bond acceptors (Lipinski definition) is 4. The fourth-order valence-electron chi connectivity index (χ4n) is 4.55. The van der Waals surface area contributed by atoms with Crippen molar-refractivity contribution < 1.29 is 13.2 Å². The lowest BCUT2D eigenvalue weighted by Gasteiger charge is -2.13. The van der Waals surface area contributed by atoms with Gasteiger partial charge in [-0.25, -0.2) is 14.6 Å². The molecule has 1 fully saturated rings. The van der Waals surface area contributed by atoms with Gasteiger partial charge in [0.05, 0.1) is 17.5 Å². The van der Waals surface area contributed by atoms with Crippen LogP contribution in [0.3, 0.4) is 0 Å². The van der Waals surface area contributed by atoms with E-state index in [0.717, 1.165) is 34.0 Å². The number of anilines is 2. The second-order valence-electron chi connectivity index (χ2n) is 9.19. The standard InChI is InChI=1S/C27H23F3N6/c1-16-13-23(27(28,29)30)34-36(16)19-11-9-18(10-12-19)32-24-14-22-26(31-15-35(22)2)25(33-24)21-6-4-3-5-20(21)17-7-8-17/h3-6,9-15,17H,7-8H2,1-2H3,(H,32,33). The summed E-state index contributed by atoms with van der Waals surface area (Å²) in [7, 11) is 1.95. The number of rotatable bonds is 5. The van der Waals surface area contributed by atoms with E-state index in [9.17, 15) is 13.2 Å². The van der Waals surface area contributed by atoms with Gasteiger partial charge in [-0.05, 0) is 61.6 Å². The third kappa shape index (κ3) is 4.00. The van der Waals surface area contributed by atoms with Gasteiger partial charge in [-0.1, -0.05) is 24.3 Å². The summed E-state index contributed by atoms with van der Waals surface area (Å²) in [6.07, 6.45) is -0.320. The molecule has 3 aromatic heterocycles. The number of nitrogens with one attached hydrogen (secondary N) is 1. The Bertz CT molecular complexity index is 1580. The van der Waals surface area contributed by atoms with Crippen LogP contribution in [0.15, 0.2) is 67.0 Å². The van der Waals surface area contributed by atoms with Gasteiger partial charge in [0.1, 0.15) is 17.0 Å². The molecule has 9 heteroatoms. The monoisotopic (exact) mass is 488 g/mol. The van der Waals surface area contributed by atoms with Crippen LogP contribution in [0.5, 0.6) is 0 Å². The molecule has 0 radical (unpaired) electrons. The van der Waals surface area contributed by atoms with E-state index in [4.69, 9.17) is 4.98 Å². The van der Waals surface area contributed by atoms with Crippen LogP contribution in [-0.4, -0.2) is 24.3 Å². The van der Waals surface area contributed by atoms with Crippen molar-refractivity contribution in [2.24, 2.45) is 7.05 Å². The molecule has 1 saturated carbocycles. The predicted octanol–water partition coefficient (Wildman–Crippen LogP) is 6.77. The number of benzene rings is 2. The van der Waals surface area contributed by atoms with Crippen molar-refractivity contribution in [1.29, 1.82) is 0 Å². The first-order valence-corrected chi connectivity index (χ1v) is 11.7. The molecule has 0 atom stereocenters. The Kier molecular flexibility index (Phi) is 5.10. The average Bonchev–Trinajstić information content (AvgIpc) is 3.53. The molecule has 0 aliphatic heterocycles. The molecule has 0 spiro atoms. The minimum atomic E-state index is -4.48. The summed E-state index contributed by atoms with van der Waals surface area (Å²) in [5, 5.41) is 7.07. The van der Waals surface area contributed by atoms with E-state index in [-0.39, 0.29) is 0 Å². The molecule has 182 valence electrons. The number of nitrogens with zero attached hydrogens (tertiary/aromatic N) is 5. The summed E-state index contributed by atoms with van der Waals surface area (Å²) in [4.78, 5) is 9.57. The van der Waals surface area contributed by atoms with E-state index in [1.54, 1.807) is 37.5 Å². The molecule has 1 aliphatic rings. The minimum Gasteiger partial charge on any atom is -0.340 e. The molecule has 2 aromatic carbocycles. The maximum absolute atomic E-state index is 13.0. The molecule has 5 aromatic rings. The highest BCUT2D eigenvalue weighted by Crippen LogP contribution is 2.45. The molecule has 1 aliphatic carbocycles. The Morgan fingerprint density at radius 2 is 1.75 bits per heavy atom. The van der Waals surface area contributed by atoms with Crippen molar-refractivity contribution in [3.63, 3.8) is 0 Å². The van der Waals surface area contributed by atoms with Crippen LogP contribution in [0.25, 0.3) is 28.0 Å². The first-order valence-electron chi connectivity index (χ1n) is 11.7. The van der Waals surface area contributed by atoms with E-state index in [1.807, 2.05) is 23.7 Å². The number of alkyl halides is 3. The first kappa shape index (κ1) is 22.3. The van der Waals surface area contributed by atoms with E-state index in [0.29, 0.717) is 23.1 Å². The maximum atomic E-state index is 13.0. The molecular formula is C27H23F3N6. The van der Waals surface area contributed by atoms with Gasteiger partial charge in [0, 0.05) is 30.1 Å². The highest BCUT2D eigenvalue weighted by Gasteiger charge is 2.34. The van der Waals surface area contributed by atoms with E-state index in [1.165, 1.54) is 23.1 Å². The van der Waals surface area contributed by atoms with Gasteiger partial charge < -0.3 is 9.88 Å². The number of aryl methyl sites for hydroxylation is 2. The van der Waals surface area contributed by atoms with Crippen molar-refractivity contribution in [1.82, 2.24) is 24.3 Å². The van der Waals surface area contributed by atoms with Crippen LogP contribution in [-0.2, 0) is 13.2 Å². The van der Waals surface area contributed by atoms with Crippen molar-refractivity contribution in [3.05, 3.63) is 83.9 Å². The zero-order chi connectivity index (χ0) is 25.0. The smallest absolute Gasteiger partial charge is 0.340 e. The molecule has 36 heavy (non-hydrogen) atoms. The summed E-state index contributed by atoms with van der Waals surface area (Å²) in [5.74, 6) is 1.23. The summed E-state index contributed by atoms with van der Waals surface area (Å²) in [6, 6.07) is 18.4. The van der Waals surface area contributed by atoms with Gasteiger partial charge in [0.2, 0.25) is 0 Å². The fraction of sp³-hybridized carbons (Fsp3) is 0.222. The topological polar surface area (TPSA) is 60.6 Å². The summed E-state index contributed by atoms with van der Waals surface area (Å²) in [6.45, 7) is 1.60. The van der Waals surface area contributed by atoms with Crippen LogP contribution in [0.4, 0.5) is 24.7 Å². The predicted molar refractivity (Wildman–Crippen MR) is 133 cm³/mol. The Morgan fingerprint density at radius 3 is 2.44 bits per heavy atom. The zero-order valence-electron chi connectivity index (χ0n) is 19.7. The SMILES string of the molecule is Cc1cc(C(F)(F)F)nn1-c1ccc(Nc2cc3c(ncn3C)c(-c3ccccc3C3CC3)n2)cc1. The molecule has 6 nitrogen and oxygen atoms in total. The second-order valence-corrected chi connectivity index (χ2v) is 9.19. The van der Waals surface area contributed by atoms with Crippen LogP contribution < -0.4 is 5.32 Å². The first-order chi connectivity index (χ1) is 17.3. The molecule has 1 N–H and O–H groups in total. The molecule has 0 bridgehead atoms. The van der Waals surface area contributed by atoms with Gasteiger partial charge in [-0.15, -0.1) is 0 Å². The summed E-state index contributed by atoms with van der Waals surface area (Å²) < 4.78 is 42.4. The zero-order valence-corrected chi connectivity index (χ0v) is 19.7. The lowest BCUT2D eigenvalue weighted by molar-refractivity contribution is -0.141. The number of aromatic nitrogens is 5. The number of hydrogen-bond donors (Lipinski definition) is 1. The Hall–Kier alpha value is -4.14. The Morgan fingerprint density at radius 1 is 1.00 bits per heavy atom. The molecule has 6 rings (SSSR count). The van der Waals surface area contributed by atoms with Crippen molar-refractivity contribution in [2.75, 3.05) is 5.32 Å². The van der Waals surface area contributed by atoms with Gasteiger partial charge in [-0.3, -0.25) is 0 Å². The molecule has 0 unspecified atom stereocenters. The molecule has 3 heterocycles. The van der Waals surface area contributed by atoms with Crippen LogP contribution in [0.1, 0.15) is 35.7 Å². The normalized spacial score (nSPS) is 13.9.